The van der Waals surface area contributed by atoms with Crippen LogP contribution < -0.4 is 14.2 Å². The number of benzene rings is 2. The van der Waals surface area contributed by atoms with Gasteiger partial charge < -0.3 is 14.2 Å². The van der Waals surface area contributed by atoms with E-state index in [1.54, 1.807) is 14.2 Å². The van der Waals surface area contributed by atoms with Gasteiger partial charge in [-0.3, -0.25) is 4.90 Å². The van der Waals surface area contributed by atoms with Crippen molar-refractivity contribution < 1.29 is 14.2 Å². The Labute approximate surface area is 145 Å². The summed E-state index contributed by atoms with van der Waals surface area (Å²) in [5.74, 6) is 2.45. The third-order valence-corrected chi connectivity index (χ3v) is 4.21. The summed E-state index contributed by atoms with van der Waals surface area (Å²) >= 11 is 0. The summed E-state index contributed by atoms with van der Waals surface area (Å²) in [5.41, 5.74) is 1.31. The van der Waals surface area contributed by atoms with Crippen LogP contribution in [0.3, 0.4) is 0 Å². The summed E-state index contributed by atoms with van der Waals surface area (Å²) in [6, 6.07) is 16.4. The Hall–Kier alpha value is -2.20. The molecule has 0 amide bonds. The fourth-order valence-corrected chi connectivity index (χ4v) is 2.52. The largest absolute Gasteiger partial charge is 0.497 e. The molecule has 2 aromatic rings. The summed E-state index contributed by atoms with van der Waals surface area (Å²) in [5, 5.41) is 0. The van der Waals surface area contributed by atoms with E-state index in [9.17, 15) is 0 Å². The highest BCUT2D eigenvalue weighted by Gasteiger charge is 2.11. The summed E-state index contributed by atoms with van der Waals surface area (Å²) in [6.07, 6.45) is 0.995. The molecule has 2 aromatic carbocycles. The highest BCUT2D eigenvalue weighted by molar-refractivity contribution is 5.39. The average Bonchev–Trinajstić information content (AvgIpc) is 2.62. The second-order valence-electron chi connectivity index (χ2n) is 5.88. The third kappa shape index (κ3) is 5.17. The second-order valence-corrected chi connectivity index (χ2v) is 5.88. The first-order valence-electron chi connectivity index (χ1n) is 8.23. The normalized spacial score (nSPS) is 12.0. The smallest absolute Gasteiger partial charge is 0.161 e. The molecule has 0 bridgehead atoms. The predicted octanol–water partition coefficient (Wildman–Crippen LogP) is 3.65. The van der Waals surface area contributed by atoms with E-state index in [4.69, 9.17) is 14.2 Å². The molecule has 4 nitrogen and oxygen atoms in total. The van der Waals surface area contributed by atoms with Crippen LogP contribution in [0.2, 0.25) is 0 Å². The van der Waals surface area contributed by atoms with Gasteiger partial charge in [0.15, 0.2) is 11.5 Å². The lowest BCUT2D eigenvalue weighted by Gasteiger charge is -2.25. The first-order valence-corrected chi connectivity index (χ1v) is 8.23. The van der Waals surface area contributed by atoms with Gasteiger partial charge in [-0.1, -0.05) is 24.3 Å². The summed E-state index contributed by atoms with van der Waals surface area (Å²) < 4.78 is 16.3. The van der Waals surface area contributed by atoms with E-state index in [1.165, 1.54) is 5.56 Å². The molecule has 0 fully saturated rings. The first-order chi connectivity index (χ1) is 11.6. The molecular formula is C20H27NO3. The predicted molar refractivity (Wildman–Crippen MR) is 97.3 cm³/mol. The zero-order valence-electron chi connectivity index (χ0n) is 15.0. The van der Waals surface area contributed by atoms with Gasteiger partial charge in [-0.2, -0.15) is 0 Å². The average molecular weight is 329 g/mol. The minimum absolute atomic E-state index is 0.430. The minimum atomic E-state index is 0.430. The maximum absolute atomic E-state index is 5.85. The molecule has 1 atom stereocenters. The Kier molecular flexibility index (Phi) is 6.94. The van der Waals surface area contributed by atoms with E-state index < -0.39 is 0 Å². The van der Waals surface area contributed by atoms with Crippen molar-refractivity contribution in [1.82, 2.24) is 4.90 Å². The van der Waals surface area contributed by atoms with Gasteiger partial charge in [0.1, 0.15) is 12.4 Å². The lowest BCUT2D eigenvalue weighted by molar-refractivity contribution is 0.195. The third-order valence-electron chi connectivity index (χ3n) is 4.21. The van der Waals surface area contributed by atoms with Crippen LogP contribution >= 0.6 is 0 Å². The topological polar surface area (TPSA) is 30.9 Å². The number of nitrogens with zero attached hydrogens (tertiary/aromatic N) is 1. The molecule has 0 aliphatic carbocycles. The van der Waals surface area contributed by atoms with Crippen molar-refractivity contribution in [2.24, 2.45) is 0 Å². The molecule has 24 heavy (non-hydrogen) atoms. The van der Waals surface area contributed by atoms with Crippen molar-refractivity contribution in [2.75, 3.05) is 34.4 Å². The highest BCUT2D eigenvalue weighted by Crippen LogP contribution is 2.25. The van der Waals surface area contributed by atoms with E-state index in [0.717, 1.165) is 30.2 Å². The molecule has 0 radical (unpaired) electrons. The molecule has 0 aromatic heterocycles. The Morgan fingerprint density at radius 1 is 0.917 bits per heavy atom. The Morgan fingerprint density at radius 3 is 2.21 bits per heavy atom. The number of rotatable bonds is 9. The monoisotopic (exact) mass is 329 g/mol. The lowest BCUT2D eigenvalue weighted by atomic mass is 10.1. The van der Waals surface area contributed by atoms with Crippen LogP contribution in [0.5, 0.6) is 17.2 Å². The fraction of sp³-hybridized carbons (Fsp3) is 0.400. The number of likely N-dealkylation sites (N-methyl/N-ethyl adjacent to an activating group) is 1. The minimum Gasteiger partial charge on any atom is -0.497 e. The summed E-state index contributed by atoms with van der Waals surface area (Å²) in [4.78, 5) is 2.31. The maximum atomic E-state index is 5.85. The number of methoxy groups -OCH3 is 2. The van der Waals surface area contributed by atoms with Crippen LogP contribution in [0.1, 0.15) is 12.5 Å². The van der Waals surface area contributed by atoms with Gasteiger partial charge in [0, 0.05) is 12.6 Å². The molecule has 4 heteroatoms. The molecule has 0 N–H and O–H groups in total. The molecule has 0 spiro atoms. The highest BCUT2D eigenvalue weighted by atomic mass is 16.5. The number of ether oxygens (including phenoxy) is 3. The molecule has 1 unspecified atom stereocenters. The standard InChI is InChI=1S/C20H27NO3/c1-16(15-17-9-11-18(22-3)12-10-17)21(2)13-14-24-20-8-6-5-7-19(20)23-4/h5-12,16H,13-15H2,1-4H3. The van der Waals surface area contributed by atoms with Gasteiger partial charge in [-0.05, 0) is 50.2 Å². The second kappa shape index (κ2) is 9.18. The van der Waals surface area contributed by atoms with Crippen LogP contribution in [0.4, 0.5) is 0 Å². The molecule has 130 valence electrons. The molecule has 0 aliphatic rings. The van der Waals surface area contributed by atoms with Crippen molar-refractivity contribution >= 4 is 0 Å². The van der Waals surface area contributed by atoms with Gasteiger partial charge in [-0.25, -0.2) is 0 Å². The zero-order valence-corrected chi connectivity index (χ0v) is 15.0. The van der Waals surface area contributed by atoms with Crippen molar-refractivity contribution in [1.29, 1.82) is 0 Å². The van der Waals surface area contributed by atoms with Crippen LogP contribution in [0.15, 0.2) is 48.5 Å². The zero-order chi connectivity index (χ0) is 17.4. The molecule has 2 rings (SSSR count). The van der Waals surface area contributed by atoms with Gasteiger partial charge >= 0.3 is 0 Å². The first kappa shape index (κ1) is 18.1. The van der Waals surface area contributed by atoms with Crippen molar-refractivity contribution in [3.8, 4) is 17.2 Å². The fourth-order valence-electron chi connectivity index (χ4n) is 2.52. The van der Waals surface area contributed by atoms with E-state index in [1.807, 2.05) is 36.4 Å². The summed E-state index contributed by atoms with van der Waals surface area (Å²) in [6.45, 7) is 3.71. The lowest BCUT2D eigenvalue weighted by Crippen LogP contribution is -2.34. The van der Waals surface area contributed by atoms with E-state index >= 15 is 0 Å². The molecule has 0 saturated heterocycles. The molecular weight excluding hydrogens is 302 g/mol. The van der Waals surface area contributed by atoms with E-state index in [0.29, 0.717) is 12.6 Å². The number of hydrogen-bond donors (Lipinski definition) is 0. The maximum Gasteiger partial charge on any atom is 0.161 e. The van der Waals surface area contributed by atoms with Crippen LogP contribution in [-0.4, -0.2) is 45.4 Å². The van der Waals surface area contributed by atoms with Crippen LogP contribution in [0.25, 0.3) is 0 Å². The number of para-hydroxylation sites is 2. The molecule has 0 heterocycles. The van der Waals surface area contributed by atoms with Gasteiger partial charge in [0.05, 0.1) is 14.2 Å². The van der Waals surface area contributed by atoms with Gasteiger partial charge in [0.2, 0.25) is 0 Å². The van der Waals surface area contributed by atoms with Crippen LogP contribution in [0, 0.1) is 0 Å². The SMILES string of the molecule is COc1ccc(CC(C)N(C)CCOc2ccccc2OC)cc1. The quantitative estimate of drug-likeness (QED) is 0.703. The number of hydrogen-bond acceptors (Lipinski definition) is 4. The van der Waals surface area contributed by atoms with Crippen LogP contribution in [-0.2, 0) is 6.42 Å². The summed E-state index contributed by atoms with van der Waals surface area (Å²) in [7, 11) is 5.47. The van der Waals surface area contributed by atoms with E-state index in [2.05, 4.69) is 31.0 Å². The molecule has 0 aliphatic heterocycles. The van der Waals surface area contributed by atoms with Crippen molar-refractivity contribution in [3.63, 3.8) is 0 Å². The Bertz CT molecular complexity index is 613. The van der Waals surface area contributed by atoms with Crippen molar-refractivity contribution in [2.45, 2.75) is 19.4 Å². The Morgan fingerprint density at radius 2 is 1.58 bits per heavy atom. The Balaban J connectivity index is 1.79. The van der Waals surface area contributed by atoms with Gasteiger partial charge in [-0.15, -0.1) is 0 Å². The van der Waals surface area contributed by atoms with E-state index in [-0.39, 0.29) is 0 Å². The van der Waals surface area contributed by atoms with Gasteiger partial charge in [0.25, 0.3) is 0 Å². The van der Waals surface area contributed by atoms with Crippen molar-refractivity contribution in [3.05, 3.63) is 54.1 Å². The molecule has 0 saturated carbocycles.